The van der Waals surface area contributed by atoms with Crippen LogP contribution in [0.5, 0.6) is 5.75 Å². The van der Waals surface area contributed by atoms with Gasteiger partial charge in [0, 0.05) is 32.5 Å². The molecule has 28 heavy (non-hydrogen) atoms. The number of aryl methyl sites for hydroxylation is 1. The van der Waals surface area contributed by atoms with E-state index in [0.29, 0.717) is 25.4 Å². The van der Waals surface area contributed by atoms with E-state index in [1.165, 1.54) is 11.8 Å². The molecule has 0 bridgehead atoms. The van der Waals surface area contributed by atoms with Gasteiger partial charge in [-0.25, -0.2) is 4.98 Å². The molecule has 1 heterocycles. The molecule has 3 rings (SSSR count). The van der Waals surface area contributed by atoms with Crippen molar-refractivity contribution in [2.24, 2.45) is 7.05 Å². The Kier molecular flexibility index (Phi) is 7.14. The van der Waals surface area contributed by atoms with E-state index in [1.807, 2.05) is 84.2 Å². The van der Waals surface area contributed by atoms with Gasteiger partial charge in [0.2, 0.25) is 5.91 Å². The average Bonchev–Trinajstić information content (AvgIpc) is 3.15. The molecule has 0 aliphatic carbocycles. The van der Waals surface area contributed by atoms with Crippen molar-refractivity contribution in [2.75, 3.05) is 12.3 Å². The van der Waals surface area contributed by atoms with Gasteiger partial charge in [-0.1, -0.05) is 54.2 Å². The number of carbonyl (C=O) groups excluding carboxylic acids is 1. The van der Waals surface area contributed by atoms with Crippen molar-refractivity contribution >= 4 is 17.7 Å². The smallest absolute Gasteiger partial charge is 0.233 e. The van der Waals surface area contributed by atoms with Crippen molar-refractivity contribution < 1.29 is 9.53 Å². The number of thioether (sulfide) groups is 1. The lowest BCUT2D eigenvalue weighted by Crippen LogP contribution is -2.31. The highest BCUT2D eigenvalue weighted by molar-refractivity contribution is 7.99. The van der Waals surface area contributed by atoms with E-state index in [-0.39, 0.29) is 5.91 Å². The summed E-state index contributed by atoms with van der Waals surface area (Å²) in [6.45, 7) is 3.81. The second-order valence-corrected chi connectivity index (χ2v) is 7.38. The monoisotopic (exact) mass is 395 g/mol. The fraction of sp³-hybridized carbons (Fsp3) is 0.273. The van der Waals surface area contributed by atoms with Crippen molar-refractivity contribution in [3.05, 3.63) is 78.1 Å². The average molecular weight is 396 g/mol. The standard InChI is InChI=1S/C22H25N3O2S/c1-3-25(21(26)17-28-22-23-13-14-24(22)2)15-18-9-11-20(12-10-18)27-16-19-7-5-4-6-8-19/h4-14H,3,15-17H2,1-2H3. The van der Waals surface area contributed by atoms with E-state index in [2.05, 4.69) is 4.98 Å². The molecule has 1 aromatic heterocycles. The number of ether oxygens (including phenoxy) is 1. The zero-order valence-electron chi connectivity index (χ0n) is 16.2. The molecule has 146 valence electrons. The fourth-order valence-electron chi connectivity index (χ4n) is 2.74. The van der Waals surface area contributed by atoms with E-state index < -0.39 is 0 Å². The van der Waals surface area contributed by atoms with Crippen molar-refractivity contribution in [1.29, 1.82) is 0 Å². The molecule has 2 aromatic carbocycles. The Balaban J connectivity index is 1.51. The molecule has 0 radical (unpaired) electrons. The van der Waals surface area contributed by atoms with E-state index in [1.54, 1.807) is 6.20 Å². The molecule has 0 N–H and O–H groups in total. The molecule has 0 spiro atoms. The Hall–Kier alpha value is -2.73. The number of hydrogen-bond acceptors (Lipinski definition) is 4. The molecule has 0 unspecified atom stereocenters. The molecular weight excluding hydrogens is 370 g/mol. The third kappa shape index (κ3) is 5.63. The van der Waals surface area contributed by atoms with E-state index >= 15 is 0 Å². The minimum Gasteiger partial charge on any atom is -0.489 e. The van der Waals surface area contributed by atoms with Crippen LogP contribution in [0, 0.1) is 0 Å². The van der Waals surface area contributed by atoms with Gasteiger partial charge in [-0.3, -0.25) is 4.79 Å². The lowest BCUT2D eigenvalue weighted by Gasteiger charge is -2.21. The minimum absolute atomic E-state index is 0.111. The zero-order valence-corrected chi connectivity index (χ0v) is 17.1. The van der Waals surface area contributed by atoms with Gasteiger partial charge in [0.05, 0.1) is 5.75 Å². The van der Waals surface area contributed by atoms with E-state index in [0.717, 1.165) is 22.0 Å². The van der Waals surface area contributed by atoms with Crippen LogP contribution in [0.3, 0.4) is 0 Å². The Morgan fingerprint density at radius 2 is 1.86 bits per heavy atom. The number of nitrogens with zero attached hydrogens (tertiary/aromatic N) is 3. The predicted molar refractivity (Wildman–Crippen MR) is 112 cm³/mol. The van der Waals surface area contributed by atoms with Crippen LogP contribution in [0.25, 0.3) is 0 Å². The number of amides is 1. The number of imidazole rings is 1. The first-order chi connectivity index (χ1) is 13.7. The maximum absolute atomic E-state index is 12.6. The first-order valence-corrected chi connectivity index (χ1v) is 10.3. The van der Waals surface area contributed by atoms with Crippen LogP contribution in [0.4, 0.5) is 0 Å². The summed E-state index contributed by atoms with van der Waals surface area (Å²) in [5.74, 6) is 1.32. The van der Waals surface area contributed by atoms with Gasteiger partial charge in [0.15, 0.2) is 5.16 Å². The third-order valence-electron chi connectivity index (χ3n) is 4.38. The van der Waals surface area contributed by atoms with Gasteiger partial charge < -0.3 is 14.2 Å². The minimum atomic E-state index is 0.111. The van der Waals surface area contributed by atoms with Crippen LogP contribution >= 0.6 is 11.8 Å². The molecule has 3 aromatic rings. The summed E-state index contributed by atoms with van der Waals surface area (Å²) in [5, 5.41) is 0.851. The number of benzene rings is 2. The highest BCUT2D eigenvalue weighted by Crippen LogP contribution is 2.18. The Morgan fingerprint density at radius 1 is 1.11 bits per heavy atom. The number of hydrogen-bond donors (Lipinski definition) is 0. The number of carbonyl (C=O) groups is 1. The van der Waals surface area contributed by atoms with Crippen molar-refractivity contribution in [1.82, 2.24) is 14.5 Å². The predicted octanol–water partition coefficient (Wildman–Crippen LogP) is 4.14. The summed E-state index contributed by atoms with van der Waals surface area (Å²) < 4.78 is 7.74. The summed E-state index contributed by atoms with van der Waals surface area (Å²) in [6, 6.07) is 18.0. The van der Waals surface area contributed by atoms with Crippen molar-refractivity contribution in [3.8, 4) is 5.75 Å². The lowest BCUT2D eigenvalue weighted by molar-refractivity contribution is -0.128. The van der Waals surface area contributed by atoms with Gasteiger partial charge in [0.25, 0.3) is 0 Å². The number of aromatic nitrogens is 2. The van der Waals surface area contributed by atoms with Crippen LogP contribution in [0.2, 0.25) is 0 Å². The largest absolute Gasteiger partial charge is 0.489 e. The SMILES string of the molecule is CCN(Cc1ccc(OCc2ccccc2)cc1)C(=O)CSc1nccn1C. The van der Waals surface area contributed by atoms with Gasteiger partial charge in [-0.05, 0) is 30.2 Å². The molecule has 0 fully saturated rings. The maximum Gasteiger partial charge on any atom is 0.233 e. The Morgan fingerprint density at radius 3 is 2.50 bits per heavy atom. The van der Waals surface area contributed by atoms with Crippen LogP contribution in [0.15, 0.2) is 72.1 Å². The molecule has 0 atom stereocenters. The molecule has 0 aliphatic heterocycles. The van der Waals surface area contributed by atoms with Crippen molar-refractivity contribution in [3.63, 3.8) is 0 Å². The summed E-state index contributed by atoms with van der Waals surface area (Å²) in [4.78, 5) is 18.7. The second-order valence-electron chi connectivity index (χ2n) is 6.44. The molecule has 5 nitrogen and oxygen atoms in total. The van der Waals surface area contributed by atoms with Gasteiger partial charge >= 0.3 is 0 Å². The lowest BCUT2D eigenvalue weighted by atomic mass is 10.2. The molecule has 0 saturated heterocycles. The summed E-state index contributed by atoms with van der Waals surface area (Å²) in [7, 11) is 1.93. The van der Waals surface area contributed by atoms with Gasteiger partial charge in [-0.2, -0.15) is 0 Å². The van der Waals surface area contributed by atoms with Crippen LogP contribution in [0.1, 0.15) is 18.1 Å². The zero-order chi connectivity index (χ0) is 19.8. The van der Waals surface area contributed by atoms with Crippen LogP contribution in [-0.4, -0.2) is 32.7 Å². The molecule has 0 saturated carbocycles. The molecular formula is C22H25N3O2S. The Labute approximate surface area is 170 Å². The summed E-state index contributed by atoms with van der Waals surface area (Å²) in [6.07, 6.45) is 3.62. The van der Waals surface area contributed by atoms with Crippen molar-refractivity contribution in [2.45, 2.75) is 25.2 Å². The van der Waals surface area contributed by atoms with E-state index in [4.69, 9.17) is 4.74 Å². The third-order valence-corrected chi connectivity index (χ3v) is 5.42. The first kappa shape index (κ1) is 20.0. The van der Waals surface area contributed by atoms with Gasteiger partial charge in [0.1, 0.15) is 12.4 Å². The Bertz CT molecular complexity index is 878. The molecule has 6 heteroatoms. The topological polar surface area (TPSA) is 47.4 Å². The van der Waals surface area contributed by atoms with E-state index in [9.17, 15) is 4.79 Å². The molecule has 1 amide bonds. The van der Waals surface area contributed by atoms with Gasteiger partial charge in [-0.15, -0.1) is 0 Å². The number of rotatable bonds is 9. The summed E-state index contributed by atoms with van der Waals surface area (Å²) in [5.41, 5.74) is 2.23. The maximum atomic E-state index is 12.6. The summed E-state index contributed by atoms with van der Waals surface area (Å²) >= 11 is 1.46. The highest BCUT2D eigenvalue weighted by Gasteiger charge is 2.14. The fourth-order valence-corrected chi connectivity index (χ4v) is 3.57. The normalized spacial score (nSPS) is 10.6. The second kappa shape index (κ2) is 9.99. The molecule has 0 aliphatic rings. The van der Waals surface area contributed by atoms with Crippen LogP contribution in [-0.2, 0) is 25.0 Å². The van der Waals surface area contributed by atoms with Crippen LogP contribution < -0.4 is 4.74 Å². The first-order valence-electron chi connectivity index (χ1n) is 9.29. The highest BCUT2D eigenvalue weighted by atomic mass is 32.2. The quantitative estimate of drug-likeness (QED) is 0.511.